The lowest BCUT2D eigenvalue weighted by molar-refractivity contribution is -0.141. The first kappa shape index (κ1) is 23.8. The molecule has 186 valence electrons. The average Bonchev–Trinajstić information content (AvgIpc) is 3.33. The van der Waals surface area contributed by atoms with Gasteiger partial charge in [-0.15, -0.1) is 0 Å². The number of carbonyl (C=O) groups excluding carboxylic acids is 1. The Hall–Kier alpha value is -3.91. The largest absolute Gasteiger partial charge is 0.497 e. The molecule has 0 radical (unpaired) electrons. The van der Waals surface area contributed by atoms with Crippen LogP contribution in [-0.2, 0) is 9.53 Å². The molecule has 36 heavy (non-hydrogen) atoms. The van der Waals surface area contributed by atoms with Crippen LogP contribution in [0.2, 0.25) is 0 Å². The van der Waals surface area contributed by atoms with Crippen molar-refractivity contribution >= 4 is 17.1 Å². The molecule has 1 atom stereocenters. The highest BCUT2D eigenvalue weighted by Gasteiger charge is 2.27. The van der Waals surface area contributed by atoms with Gasteiger partial charge in [-0.1, -0.05) is 42.5 Å². The minimum absolute atomic E-state index is 0.0618. The zero-order chi connectivity index (χ0) is 24.9. The summed E-state index contributed by atoms with van der Waals surface area (Å²) in [6.45, 7) is 2.29. The number of piperidine rings is 1. The maximum Gasteiger partial charge on any atom is 0.306 e. The summed E-state index contributed by atoms with van der Waals surface area (Å²) >= 11 is 0. The van der Waals surface area contributed by atoms with Gasteiger partial charge in [-0.05, 0) is 37.1 Å². The van der Waals surface area contributed by atoms with Gasteiger partial charge >= 0.3 is 5.97 Å². The Morgan fingerprint density at radius 1 is 1.06 bits per heavy atom. The van der Waals surface area contributed by atoms with Crippen molar-refractivity contribution in [1.82, 2.24) is 14.9 Å². The smallest absolute Gasteiger partial charge is 0.306 e. The molecule has 8 nitrogen and oxygen atoms in total. The molecule has 1 saturated heterocycles. The number of rotatable bonds is 8. The molecule has 0 amide bonds. The van der Waals surface area contributed by atoms with E-state index in [1.165, 1.54) is 13.4 Å². The molecule has 5 rings (SSSR count). The van der Waals surface area contributed by atoms with Crippen molar-refractivity contribution < 1.29 is 23.4 Å². The normalized spacial score (nSPS) is 16.1. The summed E-state index contributed by atoms with van der Waals surface area (Å²) < 4.78 is 22.9. The summed E-state index contributed by atoms with van der Waals surface area (Å²) in [6.07, 6.45) is 3.66. The fourth-order valence-corrected chi connectivity index (χ4v) is 4.64. The maximum absolute atomic E-state index is 11.6. The van der Waals surface area contributed by atoms with Crippen LogP contribution in [0.25, 0.3) is 33.6 Å². The molecule has 4 aromatic rings. The van der Waals surface area contributed by atoms with Gasteiger partial charge in [0.25, 0.3) is 0 Å². The average molecular weight is 488 g/mol. The van der Waals surface area contributed by atoms with Gasteiger partial charge in [0.05, 0.1) is 20.6 Å². The first-order valence-electron chi connectivity index (χ1n) is 12.1. The summed E-state index contributed by atoms with van der Waals surface area (Å²) in [5.41, 5.74) is 3.26. The molecule has 1 fully saturated rings. The quantitative estimate of drug-likeness (QED) is 0.322. The zero-order valence-electron chi connectivity index (χ0n) is 20.5. The fourth-order valence-electron chi connectivity index (χ4n) is 4.64. The second kappa shape index (κ2) is 10.8. The number of nitrogens with zero attached hydrogens (tertiary/aromatic N) is 3. The van der Waals surface area contributed by atoms with E-state index < -0.39 is 0 Å². The molecule has 1 aliphatic heterocycles. The van der Waals surface area contributed by atoms with E-state index in [4.69, 9.17) is 18.6 Å². The molecule has 0 bridgehead atoms. The Bertz CT molecular complexity index is 1320. The number of aromatic nitrogens is 2. The topological polar surface area (TPSA) is 86.9 Å². The molecular formula is C28H29N3O5. The molecule has 1 unspecified atom stereocenters. The van der Waals surface area contributed by atoms with E-state index in [0.29, 0.717) is 36.9 Å². The van der Waals surface area contributed by atoms with Gasteiger partial charge in [0.1, 0.15) is 29.3 Å². The first-order chi connectivity index (χ1) is 17.7. The summed E-state index contributed by atoms with van der Waals surface area (Å²) in [7, 11) is 3.07. The first-order valence-corrected chi connectivity index (χ1v) is 12.1. The predicted octanol–water partition coefficient (Wildman–Crippen LogP) is 4.97. The minimum Gasteiger partial charge on any atom is -0.497 e. The van der Waals surface area contributed by atoms with Crippen LogP contribution in [0.1, 0.15) is 19.3 Å². The molecule has 0 N–H and O–H groups in total. The molecule has 8 heteroatoms. The third kappa shape index (κ3) is 5.04. The maximum atomic E-state index is 11.6. The van der Waals surface area contributed by atoms with Crippen LogP contribution in [0.5, 0.6) is 11.6 Å². The van der Waals surface area contributed by atoms with Crippen molar-refractivity contribution in [3.8, 4) is 34.1 Å². The highest BCUT2D eigenvalue weighted by Crippen LogP contribution is 2.43. The number of methoxy groups -OCH3 is 2. The lowest BCUT2D eigenvalue weighted by atomic mass is 9.99. The monoisotopic (exact) mass is 487 g/mol. The van der Waals surface area contributed by atoms with Crippen molar-refractivity contribution in [2.24, 2.45) is 0 Å². The molecule has 0 saturated carbocycles. The third-order valence-corrected chi connectivity index (χ3v) is 6.47. The highest BCUT2D eigenvalue weighted by atomic mass is 16.5. The Balaban J connectivity index is 1.52. The van der Waals surface area contributed by atoms with Gasteiger partial charge in [-0.2, -0.15) is 0 Å². The van der Waals surface area contributed by atoms with E-state index in [1.807, 2.05) is 54.6 Å². The number of benzene rings is 2. The fraction of sp³-hybridized carbons (Fsp3) is 0.321. The van der Waals surface area contributed by atoms with Crippen molar-refractivity contribution in [2.75, 3.05) is 33.9 Å². The molecule has 3 heterocycles. The van der Waals surface area contributed by atoms with Crippen LogP contribution < -0.4 is 9.47 Å². The predicted molar refractivity (Wildman–Crippen MR) is 136 cm³/mol. The van der Waals surface area contributed by atoms with Gasteiger partial charge in [0, 0.05) is 24.2 Å². The summed E-state index contributed by atoms with van der Waals surface area (Å²) in [5.74, 6) is 1.78. The minimum atomic E-state index is -0.202. The molecule has 0 aliphatic carbocycles. The molecular weight excluding hydrogens is 458 g/mol. The standard InChI is InChI=1S/C28H29N3O5/c1-33-21-12-10-19(11-13-21)24-25-27(35-22-9-6-15-31(17-22)16-14-23(32)34-2)29-18-30-28(25)36-26(24)20-7-4-3-5-8-20/h3-5,7-8,10-13,18,22H,6,9,14-17H2,1-2H3. The highest BCUT2D eigenvalue weighted by molar-refractivity contribution is 6.03. The molecule has 1 aliphatic rings. The number of esters is 1. The Morgan fingerprint density at radius 2 is 1.86 bits per heavy atom. The second-order valence-corrected chi connectivity index (χ2v) is 8.77. The number of hydrogen-bond donors (Lipinski definition) is 0. The summed E-state index contributed by atoms with van der Waals surface area (Å²) in [4.78, 5) is 22.8. The van der Waals surface area contributed by atoms with Crippen LogP contribution >= 0.6 is 0 Å². The van der Waals surface area contributed by atoms with Crippen molar-refractivity contribution in [3.05, 3.63) is 60.9 Å². The van der Waals surface area contributed by atoms with Crippen molar-refractivity contribution in [2.45, 2.75) is 25.4 Å². The van der Waals surface area contributed by atoms with E-state index in [0.717, 1.165) is 47.2 Å². The van der Waals surface area contributed by atoms with Crippen LogP contribution in [0.4, 0.5) is 0 Å². The van der Waals surface area contributed by atoms with E-state index >= 15 is 0 Å². The number of furan rings is 1. The molecule has 2 aromatic heterocycles. The van der Waals surface area contributed by atoms with Crippen LogP contribution in [-0.4, -0.2) is 60.8 Å². The lowest BCUT2D eigenvalue weighted by Gasteiger charge is -2.32. The Kier molecular flexibility index (Phi) is 7.13. The van der Waals surface area contributed by atoms with E-state index in [2.05, 4.69) is 14.9 Å². The van der Waals surface area contributed by atoms with Gasteiger partial charge in [-0.25, -0.2) is 9.97 Å². The van der Waals surface area contributed by atoms with Gasteiger partial charge < -0.3 is 18.6 Å². The van der Waals surface area contributed by atoms with Gasteiger partial charge in [0.15, 0.2) is 0 Å². The number of ether oxygens (including phenoxy) is 3. The van der Waals surface area contributed by atoms with Crippen LogP contribution in [0.15, 0.2) is 65.3 Å². The molecule has 2 aromatic carbocycles. The number of carbonyl (C=O) groups is 1. The lowest BCUT2D eigenvalue weighted by Crippen LogP contribution is -2.42. The Morgan fingerprint density at radius 3 is 2.61 bits per heavy atom. The summed E-state index contributed by atoms with van der Waals surface area (Å²) in [5, 5.41) is 0.744. The number of likely N-dealkylation sites (tertiary alicyclic amines) is 1. The second-order valence-electron chi connectivity index (χ2n) is 8.77. The third-order valence-electron chi connectivity index (χ3n) is 6.47. The van der Waals surface area contributed by atoms with Gasteiger partial charge in [-0.3, -0.25) is 9.69 Å². The number of hydrogen-bond acceptors (Lipinski definition) is 8. The van der Waals surface area contributed by atoms with Crippen molar-refractivity contribution in [1.29, 1.82) is 0 Å². The van der Waals surface area contributed by atoms with Crippen molar-refractivity contribution in [3.63, 3.8) is 0 Å². The van der Waals surface area contributed by atoms with Crippen LogP contribution in [0.3, 0.4) is 0 Å². The Labute approximate surface area is 209 Å². The van der Waals surface area contributed by atoms with Crippen LogP contribution in [0, 0.1) is 0 Å². The number of fused-ring (bicyclic) bond motifs is 1. The summed E-state index contributed by atoms with van der Waals surface area (Å²) in [6, 6.07) is 17.8. The zero-order valence-corrected chi connectivity index (χ0v) is 20.5. The van der Waals surface area contributed by atoms with E-state index in [-0.39, 0.29) is 12.1 Å². The SMILES string of the molecule is COC(=O)CCN1CCCC(Oc2ncnc3oc(-c4ccccc4)c(-c4ccc(OC)cc4)c23)C1. The van der Waals surface area contributed by atoms with E-state index in [1.54, 1.807) is 7.11 Å². The van der Waals surface area contributed by atoms with E-state index in [9.17, 15) is 4.79 Å². The van der Waals surface area contributed by atoms with Gasteiger partial charge in [0.2, 0.25) is 11.6 Å². The molecule has 0 spiro atoms.